The molecule has 1 aliphatic heterocycles. The molecule has 0 spiro atoms. The lowest BCUT2D eigenvalue weighted by molar-refractivity contribution is -0.192. The fourth-order valence-corrected chi connectivity index (χ4v) is 3.74. The van der Waals surface area contributed by atoms with Gasteiger partial charge in [0.15, 0.2) is 0 Å². The monoisotopic (exact) mass is 439 g/mol. The number of carboxylic acid groups (broad SMARTS) is 1. The van der Waals surface area contributed by atoms with Gasteiger partial charge < -0.3 is 14.4 Å². The minimum absolute atomic E-state index is 0.883. The first-order valence-corrected chi connectivity index (χ1v) is 9.94. The van der Waals surface area contributed by atoms with E-state index in [4.69, 9.17) is 14.6 Å². The molecule has 30 heavy (non-hydrogen) atoms. The number of imidazole rings is 1. The molecule has 0 unspecified atom stereocenters. The van der Waals surface area contributed by atoms with Gasteiger partial charge in [-0.25, -0.2) is 9.78 Å². The quantitative estimate of drug-likeness (QED) is 0.658. The Morgan fingerprint density at radius 3 is 2.50 bits per heavy atom. The van der Waals surface area contributed by atoms with Gasteiger partial charge in [-0.05, 0) is 46.7 Å². The minimum atomic E-state index is -5.08. The molecule has 0 atom stereocenters. The van der Waals surface area contributed by atoms with Crippen molar-refractivity contribution in [3.63, 3.8) is 0 Å². The molecule has 0 radical (unpaired) electrons. The predicted octanol–water partition coefficient (Wildman–Crippen LogP) is 4.27. The first-order valence-electron chi connectivity index (χ1n) is 9.00. The van der Waals surface area contributed by atoms with Crippen molar-refractivity contribution in [1.29, 1.82) is 0 Å². The number of halogens is 3. The molecule has 1 aliphatic rings. The van der Waals surface area contributed by atoms with Crippen molar-refractivity contribution in [3.05, 3.63) is 58.7 Å². The van der Waals surface area contributed by atoms with Gasteiger partial charge in [0.1, 0.15) is 11.6 Å². The van der Waals surface area contributed by atoms with Crippen LogP contribution in [0.5, 0.6) is 5.75 Å². The number of hydrogen-bond donors (Lipinski definition) is 1. The molecule has 3 heterocycles. The lowest BCUT2D eigenvalue weighted by Gasteiger charge is -2.28. The van der Waals surface area contributed by atoms with E-state index >= 15 is 0 Å². The number of hydrogen-bond acceptors (Lipinski definition) is 5. The number of nitrogens with zero attached hydrogens (tertiary/aromatic N) is 3. The van der Waals surface area contributed by atoms with E-state index in [2.05, 4.69) is 43.4 Å². The van der Waals surface area contributed by atoms with Crippen LogP contribution in [0, 0.1) is 0 Å². The summed E-state index contributed by atoms with van der Waals surface area (Å²) in [5.74, 6) is -0.723. The highest BCUT2D eigenvalue weighted by molar-refractivity contribution is 7.07. The highest BCUT2D eigenvalue weighted by atomic mass is 32.1. The summed E-state index contributed by atoms with van der Waals surface area (Å²) in [6.45, 7) is 3.96. The molecular formula is C20H20F3N3O3S. The van der Waals surface area contributed by atoms with Gasteiger partial charge in [-0.15, -0.1) is 0 Å². The molecule has 10 heteroatoms. The molecule has 0 saturated carbocycles. The minimum Gasteiger partial charge on any atom is -0.497 e. The second-order valence-electron chi connectivity index (χ2n) is 6.58. The largest absolute Gasteiger partial charge is 0.497 e. The van der Waals surface area contributed by atoms with E-state index in [-0.39, 0.29) is 0 Å². The van der Waals surface area contributed by atoms with Crippen LogP contribution in [-0.2, 0) is 24.4 Å². The smallest absolute Gasteiger partial charge is 0.490 e. The van der Waals surface area contributed by atoms with Gasteiger partial charge in [-0.2, -0.15) is 24.5 Å². The summed E-state index contributed by atoms with van der Waals surface area (Å²) in [6, 6.07) is 10.4. The van der Waals surface area contributed by atoms with E-state index in [1.807, 2.05) is 18.3 Å². The van der Waals surface area contributed by atoms with Gasteiger partial charge in [0.2, 0.25) is 0 Å². The summed E-state index contributed by atoms with van der Waals surface area (Å²) in [5, 5.41) is 11.5. The molecule has 1 aromatic carbocycles. The number of rotatable bonds is 4. The number of fused-ring (bicyclic) bond motifs is 1. The van der Waals surface area contributed by atoms with Crippen molar-refractivity contribution in [2.45, 2.75) is 25.8 Å². The summed E-state index contributed by atoms with van der Waals surface area (Å²) in [5.41, 5.74) is 3.78. The first kappa shape index (κ1) is 21.8. The van der Waals surface area contributed by atoms with Gasteiger partial charge in [0, 0.05) is 25.2 Å². The number of aliphatic carboxylic acids is 1. The standard InChI is InChI=1S/C18H19N3OS.C2HF3O2/c1-22-16-4-2-15(3-5-16)17-10-19-18-12-20(7-8-21(17)18)11-14-6-9-23-13-14;3-2(4,5)1(6)7/h2-6,9-10,13H,7-8,11-12H2,1H3;(H,6,7). The number of benzene rings is 1. The Bertz CT molecular complexity index is 970. The molecule has 2 aromatic heterocycles. The van der Waals surface area contributed by atoms with Gasteiger partial charge in [0.05, 0.1) is 25.5 Å². The van der Waals surface area contributed by atoms with Crippen LogP contribution in [0.25, 0.3) is 11.3 Å². The summed E-state index contributed by atoms with van der Waals surface area (Å²) < 4.78 is 39.3. The zero-order chi connectivity index (χ0) is 21.7. The molecule has 0 fully saturated rings. The average molecular weight is 439 g/mol. The topological polar surface area (TPSA) is 67.6 Å². The van der Waals surface area contributed by atoms with Crippen LogP contribution in [0.4, 0.5) is 13.2 Å². The van der Waals surface area contributed by atoms with Crippen LogP contribution in [0.1, 0.15) is 11.4 Å². The average Bonchev–Trinajstić information content (AvgIpc) is 3.37. The van der Waals surface area contributed by atoms with Crippen molar-refractivity contribution in [2.24, 2.45) is 0 Å². The number of ether oxygens (including phenoxy) is 1. The fourth-order valence-electron chi connectivity index (χ4n) is 3.08. The van der Waals surface area contributed by atoms with Crippen molar-refractivity contribution in [1.82, 2.24) is 14.5 Å². The predicted molar refractivity (Wildman–Crippen MR) is 106 cm³/mol. The van der Waals surface area contributed by atoms with Crippen LogP contribution in [0.15, 0.2) is 47.3 Å². The molecule has 0 amide bonds. The maximum absolute atomic E-state index is 10.6. The van der Waals surface area contributed by atoms with Gasteiger partial charge in [-0.3, -0.25) is 4.90 Å². The Morgan fingerprint density at radius 2 is 1.93 bits per heavy atom. The Hall–Kier alpha value is -2.85. The summed E-state index contributed by atoms with van der Waals surface area (Å²) >= 11 is 1.76. The summed E-state index contributed by atoms with van der Waals surface area (Å²) in [6.07, 6.45) is -3.09. The molecule has 0 bridgehead atoms. The highest BCUT2D eigenvalue weighted by Gasteiger charge is 2.38. The number of methoxy groups -OCH3 is 1. The number of thiophene rings is 1. The second kappa shape index (κ2) is 9.31. The summed E-state index contributed by atoms with van der Waals surface area (Å²) in [4.78, 5) is 16.0. The third-order valence-corrected chi connectivity index (χ3v) is 5.29. The lowest BCUT2D eigenvalue weighted by atomic mass is 10.1. The van der Waals surface area contributed by atoms with Crippen LogP contribution >= 0.6 is 11.3 Å². The van der Waals surface area contributed by atoms with E-state index in [1.165, 1.54) is 16.8 Å². The molecule has 1 N–H and O–H groups in total. The maximum atomic E-state index is 10.6. The van der Waals surface area contributed by atoms with Crippen molar-refractivity contribution >= 4 is 17.3 Å². The summed E-state index contributed by atoms with van der Waals surface area (Å²) in [7, 11) is 1.69. The van der Waals surface area contributed by atoms with E-state index < -0.39 is 12.1 Å². The van der Waals surface area contributed by atoms with Gasteiger partial charge in [-0.1, -0.05) is 0 Å². The van der Waals surface area contributed by atoms with Crippen LogP contribution < -0.4 is 4.74 Å². The van der Waals surface area contributed by atoms with E-state index in [0.29, 0.717) is 0 Å². The van der Waals surface area contributed by atoms with Crippen molar-refractivity contribution in [3.8, 4) is 17.0 Å². The highest BCUT2D eigenvalue weighted by Crippen LogP contribution is 2.26. The maximum Gasteiger partial charge on any atom is 0.490 e. The fraction of sp³-hybridized carbons (Fsp3) is 0.300. The lowest BCUT2D eigenvalue weighted by Crippen LogP contribution is -2.33. The van der Waals surface area contributed by atoms with Gasteiger partial charge in [0.25, 0.3) is 0 Å². The van der Waals surface area contributed by atoms with Gasteiger partial charge >= 0.3 is 12.1 Å². The number of carboxylic acids is 1. The molecule has 6 nitrogen and oxygen atoms in total. The first-order chi connectivity index (χ1) is 14.3. The van der Waals surface area contributed by atoms with Crippen molar-refractivity contribution in [2.75, 3.05) is 13.7 Å². The van der Waals surface area contributed by atoms with Crippen LogP contribution in [0.3, 0.4) is 0 Å². The third kappa shape index (κ3) is 5.39. The third-order valence-electron chi connectivity index (χ3n) is 4.56. The Labute approximate surface area is 175 Å². The number of aromatic nitrogens is 2. The SMILES string of the molecule is COc1ccc(-c2cnc3n2CCN(Cc2ccsc2)C3)cc1.O=C(O)C(F)(F)F. The van der Waals surface area contributed by atoms with Crippen molar-refractivity contribution < 1.29 is 27.8 Å². The van der Waals surface area contributed by atoms with E-state index in [9.17, 15) is 13.2 Å². The van der Waals surface area contributed by atoms with Crippen LogP contribution in [0.2, 0.25) is 0 Å². The Morgan fingerprint density at radius 1 is 1.23 bits per heavy atom. The Balaban J connectivity index is 0.000000318. The van der Waals surface area contributed by atoms with E-state index in [0.717, 1.165) is 37.8 Å². The molecule has 0 aliphatic carbocycles. The molecule has 4 rings (SSSR count). The van der Waals surface area contributed by atoms with E-state index in [1.54, 1.807) is 18.4 Å². The molecule has 0 saturated heterocycles. The molecular weight excluding hydrogens is 419 g/mol. The zero-order valence-electron chi connectivity index (χ0n) is 16.1. The zero-order valence-corrected chi connectivity index (χ0v) is 16.9. The second-order valence-corrected chi connectivity index (χ2v) is 7.37. The molecule has 160 valence electrons. The normalized spacial score (nSPS) is 13.9. The van der Waals surface area contributed by atoms with Crippen LogP contribution in [-0.4, -0.2) is 45.4 Å². The number of carbonyl (C=O) groups is 1. The molecule has 3 aromatic rings. The number of alkyl halides is 3. The Kier molecular flexibility index (Phi) is 6.78.